The molecule has 1 aromatic heterocycles. The second kappa shape index (κ2) is 29.4. The summed E-state index contributed by atoms with van der Waals surface area (Å²) in [7, 11) is 4.52. The molecule has 0 aliphatic carbocycles. The largest absolute Gasteiger partial charge is 0.497 e. The highest BCUT2D eigenvalue weighted by atomic mass is 19.1. The molecular weight excluding hydrogens is 1090 g/mol. The Morgan fingerprint density at radius 1 is 0.905 bits per heavy atom. The molecule has 3 aliphatic heterocycles. The number of rotatable bonds is 22. The highest BCUT2D eigenvalue weighted by molar-refractivity contribution is 5.99. The number of benzene rings is 3. The van der Waals surface area contributed by atoms with Gasteiger partial charge in [-0.05, 0) is 92.6 Å². The Morgan fingerprint density at radius 3 is 2.37 bits per heavy atom. The first-order chi connectivity index (χ1) is 40.3. The number of carbonyl (C=O) groups excluding carboxylic acids is 9. The second-order valence-corrected chi connectivity index (χ2v) is 21.1. The molecule has 0 radical (unpaired) electrons. The number of likely N-dealkylation sites (tertiary alicyclic amines) is 1. The standard InChI is InChI=1S/C57H76FN13O13/c1-32(64-31-84-60-5)49(74)69-45(28-61-30-72)52(77)66-42-23-35-9-7-10-36(21-35)26-63-47(73)29-83-46-17-20-70(54(79)44(68-51(42)76)24-37-27-62-41-16-13-38(58)25-40(37)41)48(46)53(78)65-33(2)50(75)67-43(22-34-11-14-39(82-6)15-12-34)55(80)71-19-8-18-57(71,3)56(81)59-4/h7,9-16,21,25,27,32-33,42-46,48,60-62,64,72H,8,17-20,22-24,26,28-31H2,1-6H3,(H,59,81)(H,63,73)(H,65,78)(H,66,77)(H,67,75)(H,68,76)(H,69,74)/t32-,33-,42?,43-,44-,45+,46-,48-,57-/m0/s1. The van der Waals surface area contributed by atoms with Gasteiger partial charge >= 0.3 is 0 Å². The van der Waals surface area contributed by atoms with Gasteiger partial charge in [0.05, 0.1) is 26.0 Å². The van der Waals surface area contributed by atoms with Crippen LogP contribution in [0.3, 0.4) is 0 Å². The molecule has 0 spiro atoms. The predicted molar refractivity (Wildman–Crippen MR) is 302 cm³/mol. The molecule has 0 saturated carbocycles. The second-order valence-electron chi connectivity index (χ2n) is 21.1. The van der Waals surface area contributed by atoms with Gasteiger partial charge in [-0.15, -0.1) is 0 Å². The van der Waals surface area contributed by atoms with Gasteiger partial charge in [0.2, 0.25) is 53.2 Å². The van der Waals surface area contributed by atoms with Crippen molar-refractivity contribution in [3.63, 3.8) is 0 Å². The van der Waals surface area contributed by atoms with Crippen LogP contribution in [0.25, 0.3) is 10.9 Å². The third-order valence-electron chi connectivity index (χ3n) is 15.3. The first kappa shape index (κ1) is 63.5. The van der Waals surface area contributed by atoms with Crippen molar-refractivity contribution in [1.82, 2.24) is 68.1 Å². The minimum Gasteiger partial charge on any atom is -0.497 e. The van der Waals surface area contributed by atoms with Crippen LogP contribution in [-0.4, -0.2) is 188 Å². The normalized spacial score (nSPS) is 21.7. The summed E-state index contributed by atoms with van der Waals surface area (Å²) in [6, 6.07) is 8.30. The summed E-state index contributed by atoms with van der Waals surface area (Å²) in [6.07, 6.45) is 0.813. The topological polar surface area (TPSA) is 344 Å². The zero-order chi connectivity index (χ0) is 60.7. The molecule has 4 bridgehead atoms. The number of hydroxylamine groups is 1. The summed E-state index contributed by atoms with van der Waals surface area (Å²) in [5.41, 5.74) is 3.93. The number of ether oxygens (including phenoxy) is 2. The Morgan fingerprint density at radius 2 is 1.64 bits per heavy atom. The van der Waals surface area contributed by atoms with Gasteiger partial charge in [-0.25, -0.2) is 9.87 Å². The van der Waals surface area contributed by atoms with Gasteiger partial charge in [-0.3, -0.25) is 58.6 Å². The molecule has 26 nitrogen and oxygen atoms in total. The number of carbonyl (C=O) groups is 9. The van der Waals surface area contributed by atoms with Gasteiger partial charge in [-0.2, -0.15) is 0 Å². The molecule has 3 aliphatic rings. The van der Waals surface area contributed by atoms with E-state index < -0.39 is 120 Å². The van der Waals surface area contributed by atoms with Gasteiger partial charge < -0.3 is 66.6 Å². The third-order valence-corrected chi connectivity index (χ3v) is 15.3. The lowest BCUT2D eigenvalue weighted by molar-refractivity contribution is -0.147. The van der Waals surface area contributed by atoms with E-state index in [1.54, 1.807) is 61.7 Å². The van der Waals surface area contributed by atoms with Crippen LogP contribution in [0.1, 0.15) is 62.3 Å². The van der Waals surface area contributed by atoms with E-state index in [-0.39, 0.29) is 64.5 Å². The average Bonchev–Trinajstić information content (AvgIpc) is 4.42. The fraction of sp³-hybridized carbons (Fsp3) is 0.491. The molecule has 84 heavy (non-hydrogen) atoms. The molecule has 9 amide bonds. The van der Waals surface area contributed by atoms with Crippen LogP contribution in [0.5, 0.6) is 5.75 Å². The number of aliphatic hydroxyl groups excluding tert-OH is 1. The maximum absolute atomic E-state index is 15.5. The van der Waals surface area contributed by atoms with E-state index in [2.05, 4.69) is 58.3 Å². The monoisotopic (exact) mass is 1170 g/mol. The van der Waals surface area contributed by atoms with Crippen LogP contribution < -0.4 is 58.1 Å². The number of aromatic nitrogens is 1. The number of amides is 9. The van der Waals surface area contributed by atoms with Crippen LogP contribution in [-0.2, 0) is 78.5 Å². The summed E-state index contributed by atoms with van der Waals surface area (Å²) in [6.45, 7) is 3.18. The van der Waals surface area contributed by atoms with Crippen molar-refractivity contribution < 1.29 is 67.0 Å². The Kier molecular flexibility index (Phi) is 22.3. The van der Waals surface area contributed by atoms with Crippen molar-refractivity contribution in [1.29, 1.82) is 0 Å². The Labute approximate surface area is 485 Å². The van der Waals surface area contributed by atoms with E-state index in [0.717, 1.165) is 0 Å². The van der Waals surface area contributed by atoms with Crippen molar-refractivity contribution in [3.8, 4) is 5.75 Å². The van der Waals surface area contributed by atoms with E-state index in [1.165, 1.54) is 63.1 Å². The van der Waals surface area contributed by atoms with Crippen LogP contribution in [0.4, 0.5) is 4.39 Å². The van der Waals surface area contributed by atoms with Gasteiger partial charge in [-0.1, -0.05) is 36.4 Å². The minimum atomic E-state index is -1.55. The minimum absolute atomic E-state index is 0.00138. The summed E-state index contributed by atoms with van der Waals surface area (Å²) in [5.74, 6) is -6.36. The lowest BCUT2D eigenvalue weighted by atomic mass is 9.96. The molecule has 7 rings (SSSR count). The Balaban J connectivity index is 1.20. The molecule has 27 heteroatoms. The van der Waals surface area contributed by atoms with E-state index >= 15 is 9.59 Å². The van der Waals surface area contributed by atoms with Crippen LogP contribution in [0, 0.1) is 5.82 Å². The highest BCUT2D eigenvalue weighted by Crippen LogP contribution is 2.31. The van der Waals surface area contributed by atoms with Crippen molar-refractivity contribution in [3.05, 3.63) is 101 Å². The lowest BCUT2D eigenvalue weighted by Gasteiger charge is -2.36. The molecule has 2 fully saturated rings. The molecule has 12 N–H and O–H groups in total. The first-order valence-electron chi connectivity index (χ1n) is 27.8. The summed E-state index contributed by atoms with van der Waals surface area (Å²) < 4.78 is 26.3. The van der Waals surface area contributed by atoms with Crippen LogP contribution >= 0.6 is 0 Å². The number of aromatic amines is 1. The molecule has 4 aromatic rings. The number of methoxy groups -OCH3 is 1. The summed E-state index contributed by atoms with van der Waals surface area (Å²) in [5, 5.41) is 34.6. The van der Waals surface area contributed by atoms with Crippen LogP contribution in [0.15, 0.2) is 72.9 Å². The van der Waals surface area contributed by atoms with Gasteiger partial charge in [0, 0.05) is 76.6 Å². The van der Waals surface area contributed by atoms with E-state index in [1.807, 2.05) is 0 Å². The van der Waals surface area contributed by atoms with Crippen LogP contribution in [0.2, 0.25) is 0 Å². The zero-order valence-corrected chi connectivity index (χ0v) is 47.9. The zero-order valence-electron chi connectivity index (χ0n) is 47.9. The number of hydrogen-bond acceptors (Lipinski definition) is 16. The Hall–Kier alpha value is -8.08. The number of nitrogens with zero attached hydrogens (tertiary/aromatic N) is 2. The number of halogens is 1. The SMILES string of the molecule is CNOCN[C@@H](C)C(=O)N[C@H](CNCO)C(=O)NC1Cc2cccc(c2)CNC(=O)CO[C@H]2CCN(C(=O)[C@H](Cc3c[nH]c4ccc(F)cc34)NC1=O)[C@@H]2C(=O)N[C@@H](C)C(=O)N[C@@H](Cc1ccc(OC)cc1)C(=O)N1CCC[C@@]1(C)C(=O)NC. The molecule has 4 heterocycles. The van der Waals surface area contributed by atoms with Crippen molar-refractivity contribution >= 4 is 64.1 Å². The first-order valence-corrected chi connectivity index (χ1v) is 27.8. The highest BCUT2D eigenvalue weighted by Gasteiger charge is 2.49. The van der Waals surface area contributed by atoms with E-state index in [0.29, 0.717) is 51.7 Å². The van der Waals surface area contributed by atoms with E-state index in [9.17, 15) is 43.1 Å². The van der Waals surface area contributed by atoms with Crippen molar-refractivity contribution in [2.24, 2.45) is 0 Å². The molecule has 9 atom stereocenters. The molecule has 454 valence electrons. The molecular formula is C57H76FN13O13. The number of likely N-dealkylation sites (N-methyl/N-ethyl adjacent to an activating group) is 1. The fourth-order valence-electron chi connectivity index (χ4n) is 10.6. The van der Waals surface area contributed by atoms with Gasteiger partial charge in [0.15, 0.2) is 0 Å². The molecule has 1 unspecified atom stereocenters. The van der Waals surface area contributed by atoms with E-state index in [4.69, 9.17) is 14.3 Å². The maximum atomic E-state index is 15.5. The van der Waals surface area contributed by atoms with Gasteiger partial charge in [0.25, 0.3) is 0 Å². The van der Waals surface area contributed by atoms with Gasteiger partial charge in [0.1, 0.15) is 66.7 Å². The van der Waals surface area contributed by atoms with Crippen molar-refractivity contribution in [2.45, 2.75) is 120 Å². The quantitative estimate of drug-likeness (QED) is 0.0234. The number of fused-ring (bicyclic) bond motifs is 5. The number of hydrogen-bond donors (Lipinski definition) is 12. The Bertz CT molecular complexity index is 3020. The number of aliphatic hydroxyl groups is 1. The third kappa shape index (κ3) is 16.0. The predicted octanol–water partition coefficient (Wildman–Crippen LogP) is -1.84. The average molecular weight is 1170 g/mol. The lowest BCUT2D eigenvalue weighted by Crippen LogP contribution is -2.62. The maximum Gasteiger partial charge on any atom is 0.246 e. The molecule has 2 saturated heterocycles. The molecule has 3 aromatic carbocycles. The summed E-state index contributed by atoms with van der Waals surface area (Å²) in [4.78, 5) is 139. The van der Waals surface area contributed by atoms with Crippen molar-refractivity contribution in [2.75, 3.05) is 60.9 Å². The number of H-pyrrole nitrogens is 1. The smallest absolute Gasteiger partial charge is 0.246 e. The number of nitrogens with one attached hydrogen (secondary N) is 11. The fourth-order valence-corrected chi connectivity index (χ4v) is 10.6. The summed E-state index contributed by atoms with van der Waals surface area (Å²) >= 11 is 0.